The Kier molecular flexibility index (Phi) is 4.58. The Morgan fingerprint density at radius 2 is 1.74 bits per heavy atom. The molecule has 0 heterocycles. The van der Waals surface area contributed by atoms with Gasteiger partial charge in [0.2, 0.25) is 0 Å². The topological polar surface area (TPSA) is 29.1 Å². The van der Waals surface area contributed by atoms with Crippen molar-refractivity contribution in [3.8, 4) is 0 Å². The Morgan fingerprint density at radius 1 is 1.11 bits per heavy atom. The lowest BCUT2D eigenvalue weighted by Crippen LogP contribution is -2.27. The summed E-state index contributed by atoms with van der Waals surface area (Å²) in [4.78, 5) is 12.1. The molecule has 0 aliphatic heterocycles. The molecule has 0 saturated heterocycles. The van der Waals surface area contributed by atoms with Crippen molar-refractivity contribution in [2.45, 2.75) is 19.9 Å². The fourth-order valence-corrected chi connectivity index (χ4v) is 2.39. The third kappa shape index (κ3) is 3.56. The summed E-state index contributed by atoms with van der Waals surface area (Å²) in [7, 11) is 0. The van der Waals surface area contributed by atoms with E-state index in [4.69, 9.17) is 0 Å². The van der Waals surface area contributed by atoms with Gasteiger partial charge in [0.1, 0.15) is 0 Å². The van der Waals surface area contributed by atoms with Gasteiger partial charge in [-0.2, -0.15) is 0 Å². The van der Waals surface area contributed by atoms with Crippen LogP contribution in [0.2, 0.25) is 0 Å². The van der Waals surface area contributed by atoms with E-state index in [9.17, 15) is 4.79 Å². The molecule has 1 unspecified atom stereocenters. The third-order valence-corrected chi connectivity index (χ3v) is 3.83. The summed E-state index contributed by atoms with van der Waals surface area (Å²) < 4.78 is 1.13. The van der Waals surface area contributed by atoms with E-state index in [2.05, 4.69) is 40.9 Å². The van der Waals surface area contributed by atoms with Gasteiger partial charge >= 0.3 is 0 Å². The number of halogens is 1. The minimum atomic E-state index is -0.0350. The standard InChI is InChI=1S/C16H16INO/c1-11-5-3-4-6-15(11)12(2)18-16(19)13-7-9-14(17)10-8-13/h3-10,12H,1-2H3,(H,18,19). The monoisotopic (exact) mass is 365 g/mol. The zero-order valence-electron chi connectivity index (χ0n) is 11.0. The molecule has 1 amide bonds. The van der Waals surface area contributed by atoms with Crippen molar-refractivity contribution < 1.29 is 4.79 Å². The number of rotatable bonds is 3. The number of nitrogens with one attached hydrogen (secondary N) is 1. The van der Waals surface area contributed by atoms with E-state index in [1.807, 2.05) is 49.4 Å². The number of hydrogen-bond acceptors (Lipinski definition) is 1. The van der Waals surface area contributed by atoms with Crippen LogP contribution in [0, 0.1) is 10.5 Å². The minimum Gasteiger partial charge on any atom is -0.346 e. The minimum absolute atomic E-state index is 0.00739. The molecule has 3 heteroatoms. The largest absolute Gasteiger partial charge is 0.346 e. The first-order valence-electron chi connectivity index (χ1n) is 6.20. The number of aryl methyl sites for hydroxylation is 1. The maximum Gasteiger partial charge on any atom is 0.251 e. The molecular formula is C16H16INO. The van der Waals surface area contributed by atoms with Crippen molar-refractivity contribution in [1.29, 1.82) is 0 Å². The Balaban J connectivity index is 2.11. The molecule has 0 fully saturated rings. The van der Waals surface area contributed by atoms with E-state index in [0.717, 1.165) is 9.13 Å². The highest BCUT2D eigenvalue weighted by Crippen LogP contribution is 2.17. The average Bonchev–Trinajstić information content (AvgIpc) is 2.39. The first-order valence-corrected chi connectivity index (χ1v) is 7.28. The van der Waals surface area contributed by atoms with Gasteiger partial charge in [0.15, 0.2) is 0 Å². The summed E-state index contributed by atoms with van der Waals surface area (Å²) in [6.45, 7) is 4.07. The molecule has 0 aromatic heterocycles. The second-order valence-corrected chi connectivity index (χ2v) is 5.80. The molecule has 0 spiro atoms. The van der Waals surface area contributed by atoms with Crippen LogP contribution in [0.15, 0.2) is 48.5 Å². The van der Waals surface area contributed by atoms with Crippen molar-refractivity contribution in [2.75, 3.05) is 0 Å². The van der Waals surface area contributed by atoms with Crippen LogP contribution >= 0.6 is 22.6 Å². The van der Waals surface area contributed by atoms with Crippen LogP contribution in [-0.2, 0) is 0 Å². The van der Waals surface area contributed by atoms with Gasteiger partial charge in [0, 0.05) is 9.13 Å². The van der Waals surface area contributed by atoms with Gasteiger partial charge < -0.3 is 5.32 Å². The van der Waals surface area contributed by atoms with Gasteiger partial charge in [0.05, 0.1) is 6.04 Å². The number of hydrogen-bond donors (Lipinski definition) is 1. The summed E-state index contributed by atoms with van der Waals surface area (Å²) in [5.41, 5.74) is 3.04. The first-order chi connectivity index (χ1) is 9.08. The smallest absolute Gasteiger partial charge is 0.251 e. The number of amides is 1. The molecule has 0 aliphatic rings. The van der Waals surface area contributed by atoms with Crippen LogP contribution in [0.25, 0.3) is 0 Å². The van der Waals surface area contributed by atoms with Crippen LogP contribution in [-0.4, -0.2) is 5.91 Å². The maximum absolute atomic E-state index is 12.1. The van der Waals surface area contributed by atoms with Crippen LogP contribution < -0.4 is 5.32 Å². The van der Waals surface area contributed by atoms with Crippen LogP contribution in [0.3, 0.4) is 0 Å². The van der Waals surface area contributed by atoms with Crippen LogP contribution in [0.1, 0.15) is 34.5 Å². The molecule has 0 saturated carbocycles. The molecular weight excluding hydrogens is 349 g/mol. The van der Waals surface area contributed by atoms with E-state index in [0.29, 0.717) is 5.56 Å². The second-order valence-electron chi connectivity index (χ2n) is 4.56. The quantitative estimate of drug-likeness (QED) is 0.816. The molecule has 2 aromatic rings. The Hall–Kier alpha value is -1.36. The maximum atomic E-state index is 12.1. The molecule has 0 aliphatic carbocycles. The molecule has 2 nitrogen and oxygen atoms in total. The summed E-state index contributed by atoms with van der Waals surface area (Å²) >= 11 is 2.23. The van der Waals surface area contributed by atoms with E-state index >= 15 is 0 Å². The average molecular weight is 365 g/mol. The van der Waals surface area contributed by atoms with E-state index in [-0.39, 0.29) is 11.9 Å². The van der Waals surface area contributed by atoms with Crippen molar-refractivity contribution in [2.24, 2.45) is 0 Å². The highest BCUT2D eigenvalue weighted by Gasteiger charge is 2.12. The predicted octanol–water partition coefficient (Wildman–Crippen LogP) is 4.09. The van der Waals surface area contributed by atoms with Crippen molar-refractivity contribution in [1.82, 2.24) is 5.32 Å². The van der Waals surface area contributed by atoms with Crippen molar-refractivity contribution in [3.05, 3.63) is 68.8 Å². The lowest BCUT2D eigenvalue weighted by molar-refractivity contribution is 0.0940. The third-order valence-electron chi connectivity index (χ3n) is 3.11. The molecule has 2 aromatic carbocycles. The van der Waals surface area contributed by atoms with Gasteiger partial charge in [-0.3, -0.25) is 4.79 Å². The van der Waals surface area contributed by atoms with E-state index < -0.39 is 0 Å². The zero-order valence-corrected chi connectivity index (χ0v) is 13.1. The predicted molar refractivity (Wildman–Crippen MR) is 86.2 cm³/mol. The summed E-state index contributed by atoms with van der Waals surface area (Å²) in [5.74, 6) is -0.0350. The summed E-state index contributed by atoms with van der Waals surface area (Å²) in [6, 6.07) is 15.7. The summed E-state index contributed by atoms with van der Waals surface area (Å²) in [5, 5.41) is 3.03. The van der Waals surface area contributed by atoms with Gasteiger partial charge in [0.25, 0.3) is 5.91 Å². The molecule has 19 heavy (non-hydrogen) atoms. The Labute approximate surface area is 127 Å². The van der Waals surface area contributed by atoms with Gasteiger partial charge in [-0.1, -0.05) is 24.3 Å². The van der Waals surface area contributed by atoms with E-state index in [1.54, 1.807) is 0 Å². The number of carbonyl (C=O) groups is 1. The SMILES string of the molecule is Cc1ccccc1C(C)NC(=O)c1ccc(I)cc1. The number of carbonyl (C=O) groups excluding carboxylic acids is 1. The molecule has 0 bridgehead atoms. The normalized spacial score (nSPS) is 11.9. The molecule has 1 atom stereocenters. The van der Waals surface area contributed by atoms with Gasteiger partial charge in [-0.15, -0.1) is 0 Å². The highest BCUT2D eigenvalue weighted by molar-refractivity contribution is 14.1. The first kappa shape index (κ1) is 14.1. The number of benzene rings is 2. The Bertz CT molecular complexity index is 578. The lowest BCUT2D eigenvalue weighted by atomic mass is 10.0. The fraction of sp³-hybridized carbons (Fsp3) is 0.188. The van der Waals surface area contributed by atoms with Gasteiger partial charge in [-0.05, 0) is 71.8 Å². The lowest BCUT2D eigenvalue weighted by Gasteiger charge is -2.16. The molecule has 1 N–H and O–H groups in total. The van der Waals surface area contributed by atoms with Crippen molar-refractivity contribution >= 4 is 28.5 Å². The second kappa shape index (κ2) is 6.19. The molecule has 0 radical (unpaired) electrons. The zero-order chi connectivity index (χ0) is 13.8. The molecule has 2 rings (SSSR count). The van der Waals surface area contributed by atoms with Gasteiger partial charge in [-0.25, -0.2) is 0 Å². The van der Waals surface area contributed by atoms with Crippen LogP contribution in [0.5, 0.6) is 0 Å². The van der Waals surface area contributed by atoms with Crippen molar-refractivity contribution in [3.63, 3.8) is 0 Å². The Morgan fingerprint density at radius 3 is 2.37 bits per heavy atom. The molecule has 98 valence electrons. The van der Waals surface area contributed by atoms with E-state index in [1.165, 1.54) is 5.56 Å². The van der Waals surface area contributed by atoms with Crippen LogP contribution in [0.4, 0.5) is 0 Å². The highest BCUT2D eigenvalue weighted by atomic mass is 127. The summed E-state index contributed by atoms with van der Waals surface area (Å²) in [6.07, 6.45) is 0. The fourth-order valence-electron chi connectivity index (χ4n) is 2.03.